The van der Waals surface area contributed by atoms with E-state index >= 15 is 0 Å². The Bertz CT molecular complexity index is 2220. The van der Waals surface area contributed by atoms with Crippen LogP contribution in [0.25, 0.3) is 0 Å². The molecule has 5 atom stereocenters. The van der Waals surface area contributed by atoms with E-state index in [1.54, 1.807) is 21.2 Å². The van der Waals surface area contributed by atoms with Gasteiger partial charge in [0.1, 0.15) is 5.82 Å². The monoisotopic (exact) mass is 870 g/mol. The van der Waals surface area contributed by atoms with Gasteiger partial charge in [0.05, 0.1) is 10.7 Å². The Morgan fingerprint density at radius 1 is 0.919 bits per heavy atom. The summed E-state index contributed by atoms with van der Waals surface area (Å²) in [4.78, 5) is 79.6. The van der Waals surface area contributed by atoms with Crippen molar-refractivity contribution in [1.29, 1.82) is 0 Å². The van der Waals surface area contributed by atoms with Crippen molar-refractivity contribution in [2.75, 3.05) is 48.3 Å². The van der Waals surface area contributed by atoms with E-state index in [-0.39, 0.29) is 60.0 Å². The van der Waals surface area contributed by atoms with Gasteiger partial charge in [-0.05, 0) is 112 Å². The number of piperidine rings is 3. The van der Waals surface area contributed by atoms with Gasteiger partial charge in [0.25, 0.3) is 0 Å². The number of hydrogen-bond acceptors (Lipinski definition) is 10. The number of benzene rings is 1. The van der Waals surface area contributed by atoms with Crippen molar-refractivity contribution >= 4 is 57.0 Å². The summed E-state index contributed by atoms with van der Waals surface area (Å²) in [5.74, 6) is 0.913. The number of amides is 5. The van der Waals surface area contributed by atoms with Crippen molar-refractivity contribution in [3.8, 4) is 0 Å². The number of carbonyl (C=O) groups excluding carboxylic acids is 5. The Kier molecular flexibility index (Phi) is 11.9. The molecule has 2 aliphatic carbocycles. The molecule has 2 aromatic rings. The molecule has 7 aliphatic rings. The maximum atomic E-state index is 13.9. The van der Waals surface area contributed by atoms with Crippen molar-refractivity contribution in [2.45, 2.75) is 151 Å². The molecule has 9 rings (SSSR count). The van der Waals surface area contributed by atoms with Crippen LogP contribution in [0.15, 0.2) is 24.4 Å². The standard InChI is InChI=1S/C46H62N8O7S/c1-29-8-6-11-37(29)54-42-36(46(21-22-46)44(54)59)27-47-45(50-42)48-31-19-24-53(25-20-31)62(60,61)32-10-7-23-52(28-32)41(57)12-5-3-4-9-30-13-14-34-33(35-15-17-39(55)49-43(35)58)16-18-40(56)51(2)38(34)26-30/h13-14,26-27,29,31-33,35,37H,3-12,15-25,28H2,1-2H3,(H,47,48,50)(H,49,55,58). The number of aromatic nitrogens is 2. The van der Waals surface area contributed by atoms with Gasteiger partial charge in [0.15, 0.2) is 0 Å². The second-order valence-corrected chi connectivity index (χ2v) is 21.5. The SMILES string of the molecule is CC1CCCC1N1C(=O)C2(CC2)c2cnc(NC3CCN(S(=O)(=O)C4CCCN(C(=O)CCCCCc5ccc6c(c5)N(C)C(=O)CCC6C5CCC(=O)NC5=O)C4)CC3)nc21. The highest BCUT2D eigenvalue weighted by molar-refractivity contribution is 7.89. The first-order chi connectivity index (χ1) is 29.8. The van der Waals surface area contributed by atoms with Crippen molar-refractivity contribution in [1.82, 2.24) is 24.5 Å². The first-order valence-corrected chi connectivity index (χ1v) is 24.8. The van der Waals surface area contributed by atoms with Gasteiger partial charge in [-0.2, -0.15) is 4.98 Å². The molecule has 0 bridgehead atoms. The van der Waals surface area contributed by atoms with E-state index in [4.69, 9.17) is 4.98 Å². The summed E-state index contributed by atoms with van der Waals surface area (Å²) in [6.45, 7) is 3.80. The van der Waals surface area contributed by atoms with Crippen LogP contribution in [0, 0.1) is 11.8 Å². The molecule has 16 heteroatoms. The van der Waals surface area contributed by atoms with Crippen LogP contribution >= 0.6 is 0 Å². The molecule has 5 fully saturated rings. The fourth-order valence-electron chi connectivity index (χ4n) is 11.4. The average molecular weight is 871 g/mol. The summed E-state index contributed by atoms with van der Waals surface area (Å²) in [6, 6.07) is 6.34. The number of rotatable bonds is 12. The van der Waals surface area contributed by atoms with Gasteiger partial charge >= 0.3 is 0 Å². The van der Waals surface area contributed by atoms with Crippen LogP contribution < -0.4 is 20.4 Å². The Morgan fingerprint density at radius 3 is 2.45 bits per heavy atom. The Balaban J connectivity index is 0.736. The van der Waals surface area contributed by atoms with Gasteiger partial charge in [-0.15, -0.1) is 0 Å². The Morgan fingerprint density at radius 2 is 1.71 bits per heavy atom. The Hall–Kier alpha value is -4.44. The average Bonchev–Trinajstić information content (AvgIpc) is 3.94. The second-order valence-electron chi connectivity index (χ2n) is 19.2. The molecule has 6 heterocycles. The lowest BCUT2D eigenvalue weighted by atomic mass is 9.78. The second kappa shape index (κ2) is 17.3. The van der Waals surface area contributed by atoms with Gasteiger partial charge in [0, 0.05) is 87.9 Å². The number of imide groups is 1. The minimum Gasteiger partial charge on any atom is -0.351 e. The first-order valence-electron chi connectivity index (χ1n) is 23.3. The lowest BCUT2D eigenvalue weighted by molar-refractivity contribution is -0.137. The molecule has 2 saturated carbocycles. The van der Waals surface area contributed by atoms with Gasteiger partial charge in [0.2, 0.25) is 45.5 Å². The van der Waals surface area contributed by atoms with Crippen LogP contribution in [-0.2, 0) is 45.8 Å². The first kappa shape index (κ1) is 42.8. The normalized spacial score (nSPS) is 27.9. The Labute approximate surface area is 365 Å². The number of nitrogens with one attached hydrogen (secondary N) is 2. The maximum absolute atomic E-state index is 13.9. The highest BCUT2D eigenvalue weighted by Crippen LogP contribution is 2.58. The van der Waals surface area contributed by atoms with Gasteiger partial charge in [-0.25, -0.2) is 17.7 Å². The van der Waals surface area contributed by atoms with Crippen molar-refractivity contribution in [3.63, 3.8) is 0 Å². The molecule has 5 unspecified atom stereocenters. The molecule has 1 aromatic carbocycles. The quantitative estimate of drug-likeness (QED) is 0.219. The molecule has 5 amide bonds. The number of nitrogens with zero attached hydrogens (tertiary/aromatic N) is 6. The predicted octanol–water partition coefficient (Wildman–Crippen LogP) is 4.94. The van der Waals surface area contributed by atoms with Crippen LogP contribution in [-0.4, -0.2) is 108 Å². The van der Waals surface area contributed by atoms with E-state index in [0.717, 1.165) is 79.6 Å². The molecule has 5 aliphatic heterocycles. The number of anilines is 3. The summed E-state index contributed by atoms with van der Waals surface area (Å²) in [7, 11) is -1.82. The van der Waals surface area contributed by atoms with Gasteiger partial charge < -0.3 is 15.1 Å². The maximum Gasteiger partial charge on any atom is 0.239 e. The van der Waals surface area contributed by atoms with E-state index in [1.807, 2.05) is 17.2 Å². The minimum absolute atomic E-state index is 0.00192. The summed E-state index contributed by atoms with van der Waals surface area (Å²) >= 11 is 0. The largest absolute Gasteiger partial charge is 0.351 e. The predicted molar refractivity (Wildman–Crippen MR) is 234 cm³/mol. The van der Waals surface area contributed by atoms with Crippen LogP contribution in [0.4, 0.5) is 17.5 Å². The summed E-state index contributed by atoms with van der Waals surface area (Å²) in [5.41, 5.74) is 3.41. The molecule has 2 N–H and O–H groups in total. The fourth-order valence-corrected chi connectivity index (χ4v) is 13.4. The molecule has 1 spiro atoms. The summed E-state index contributed by atoms with van der Waals surface area (Å²) in [5, 5.41) is 5.33. The third-order valence-corrected chi connectivity index (χ3v) is 17.7. The molecule has 62 heavy (non-hydrogen) atoms. The fraction of sp³-hybridized carbons (Fsp3) is 0.674. The molecule has 15 nitrogen and oxygen atoms in total. The van der Waals surface area contributed by atoms with Crippen molar-refractivity contribution < 1.29 is 32.4 Å². The smallest absolute Gasteiger partial charge is 0.239 e. The molecule has 334 valence electrons. The third kappa shape index (κ3) is 8.14. The summed E-state index contributed by atoms with van der Waals surface area (Å²) < 4.78 is 29.5. The van der Waals surface area contributed by atoms with Crippen molar-refractivity contribution in [3.05, 3.63) is 41.1 Å². The summed E-state index contributed by atoms with van der Waals surface area (Å²) in [6.07, 6.45) is 14.5. The van der Waals surface area contributed by atoms with Crippen molar-refractivity contribution in [2.24, 2.45) is 11.8 Å². The molecule has 3 saturated heterocycles. The zero-order valence-electron chi connectivity index (χ0n) is 36.3. The zero-order chi connectivity index (χ0) is 43.3. The van der Waals surface area contributed by atoms with Crippen LogP contribution in [0.2, 0.25) is 0 Å². The molecule has 0 radical (unpaired) electrons. The number of fused-ring (bicyclic) bond motifs is 3. The van der Waals surface area contributed by atoms with Gasteiger partial charge in [-0.1, -0.05) is 31.9 Å². The number of sulfonamides is 1. The van der Waals surface area contributed by atoms with E-state index in [2.05, 4.69) is 34.7 Å². The number of hydrogen-bond donors (Lipinski definition) is 2. The van der Waals surface area contributed by atoms with Crippen LogP contribution in [0.3, 0.4) is 0 Å². The van der Waals surface area contributed by atoms with Crippen LogP contribution in [0.1, 0.15) is 139 Å². The highest BCUT2D eigenvalue weighted by atomic mass is 32.2. The van der Waals surface area contributed by atoms with E-state index in [1.165, 1.54) is 0 Å². The van der Waals surface area contributed by atoms with Crippen LogP contribution in [0.5, 0.6) is 0 Å². The molecular weight excluding hydrogens is 809 g/mol. The topological polar surface area (TPSA) is 182 Å². The van der Waals surface area contributed by atoms with E-state index in [0.29, 0.717) is 95.7 Å². The zero-order valence-corrected chi connectivity index (χ0v) is 37.1. The number of likely N-dealkylation sites (tertiary alicyclic amines) is 1. The number of unbranched alkanes of at least 4 members (excludes halogenated alkanes) is 2. The molecule has 1 aromatic heterocycles. The number of carbonyl (C=O) groups is 5. The lowest BCUT2D eigenvalue weighted by Crippen LogP contribution is -2.52. The number of aryl methyl sites for hydroxylation is 1. The third-order valence-electron chi connectivity index (χ3n) is 15.4. The molecular formula is C46H62N8O7S. The van der Waals surface area contributed by atoms with Gasteiger partial charge in [-0.3, -0.25) is 34.2 Å². The highest BCUT2D eigenvalue weighted by Gasteiger charge is 2.62. The lowest BCUT2D eigenvalue weighted by Gasteiger charge is -2.38. The minimum atomic E-state index is -3.60. The van der Waals surface area contributed by atoms with E-state index < -0.39 is 20.7 Å². The van der Waals surface area contributed by atoms with E-state index in [9.17, 15) is 32.4 Å².